The molecule has 2 N–H and O–H groups in total. The molecule has 0 bridgehead atoms. The number of anilines is 2. The Hall–Kier alpha value is -2.30. The summed E-state index contributed by atoms with van der Waals surface area (Å²) >= 11 is 0. The molecule has 0 aliphatic carbocycles. The van der Waals surface area contributed by atoms with Crippen LogP contribution in [0.5, 0.6) is 0 Å². The van der Waals surface area contributed by atoms with Crippen LogP contribution in [-0.2, 0) is 9.59 Å². The maximum Gasteiger partial charge on any atom is 0.331 e. The van der Waals surface area contributed by atoms with E-state index in [1.165, 1.54) is 13.8 Å². The van der Waals surface area contributed by atoms with Gasteiger partial charge in [0.25, 0.3) is 5.91 Å². The average molecular weight is 288 g/mol. The Bertz CT molecular complexity index is 587. The van der Waals surface area contributed by atoms with Gasteiger partial charge in [-0.3, -0.25) is 4.79 Å². The molecular weight excluding hydrogens is 268 g/mol. The molecule has 5 heteroatoms. The predicted molar refractivity (Wildman–Crippen MR) is 82.5 cm³/mol. The van der Waals surface area contributed by atoms with Crippen LogP contribution in [0.25, 0.3) is 0 Å². The SMILES string of the molecule is CC(C(=O)O)=C(C)C(=O)Nc1ccccc1N1CCCC1. The van der Waals surface area contributed by atoms with E-state index < -0.39 is 5.97 Å². The Kier molecular flexibility index (Phi) is 4.62. The van der Waals surface area contributed by atoms with E-state index in [1.807, 2.05) is 24.3 Å². The molecular formula is C16H20N2O3. The molecule has 1 aliphatic rings. The molecule has 0 atom stereocenters. The monoisotopic (exact) mass is 288 g/mol. The van der Waals surface area contributed by atoms with Gasteiger partial charge in [-0.1, -0.05) is 12.1 Å². The van der Waals surface area contributed by atoms with Gasteiger partial charge in [0.2, 0.25) is 0 Å². The van der Waals surface area contributed by atoms with Crippen LogP contribution in [0, 0.1) is 0 Å². The molecule has 112 valence electrons. The minimum atomic E-state index is -1.07. The second-order valence-electron chi connectivity index (χ2n) is 5.22. The van der Waals surface area contributed by atoms with Crippen molar-refractivity contribution in [1.29, 1.82) is 0 Å². The van der Waals surface area contributed by atoms with Gasteiger partial charge in [0.05, 0.1) is 11.4 Å². The lowest BCUT2D eigenvalue weighted by Gasteiger charge is -2.21. The zero-order valence-corrected chi connectivity index (χ0v) is 12.3. The number of hydrogen-bond donors (Lipinski definition) is 2. The van der Waals surface area contributed by atoms with Crippen molar-refractivity contribution in [3.05, 3.63) is 35.4 Å². The van der Waals surface area contributed by atoms with Gasteiger partial charge < -0.3 is 15.3 Å². The molecule has 21 heavy (non-hydrogen) atoms. The fourth-order valence-electron chi connectivity index (χ4n) is 2.36. The summed E-state index contributed by atoms with van der Waals surface area (Å²) in [4.78, 5) is 25.3. The number of carboxylic acids is 1. The zero-order valence-electron chi connectivity index (χ0n) is 12.3. The molecule has 0 saturated carbocycles. The predicted octanol–water partition coefficient (Wildman–Crippen LogP) is 2.65. The van der Waals surface area contributed by atoms with Crippen molar-refractivity contribution in [2.45, 2.75) is 26.7 Å². The lowest BCUT2D eigenvalue weighted by Crippen LogP contribution is -2.22. The van der Waals surface area contributed by atoms with Gasteiger partial charge in [-0.25, -0.2) is 4.79 Å². The summed E-state index contributed by atoms with van der Waals surface area (Å²) in [5.74, 6) is -1.45. The van der Waals surface area contributed by atoms with Crippen molar-refractivity contribution in [3.63, 3.8) is 0 Å². The molecule has 0 radical (unpaired) electrons. The number of carboxylic acid groups (broad SMARTS) is 1. The van der Waals surface area contributed by atoms with Crippen LogP contribution in [0.15, 0.2) is 35.4 Å². The highest BCUT2D eigenvalue weighted by molar-refractivity contribution is 6.09. The van der Waals surface area contributed by atoms with Gasteiger partial charge in [0.1, 0.15) is 0 Å². The number of carbonyl (C=O) groups is 2. The van der Waals surface area contributed by atoms with Crippen molar-refractivity contribution in [1.82, 2.24) is 0 Å². The van der Waals surface area contributed by atoms with Crippen LogP contribution in [0.2, 0.25) is 0 Å². The van der Waals surface area contributed by atoms with Crippen LogP contribution < -0.4 is 10.2 Å². The number of hydrogen-bond acceptors (Lipinski definition) is 3. The zero-order chi connectivity index (χ0) is 15.4. The quantitative estimate of drug-likeness (QED) is 0.836. The first-order valence-electron chi connectivity index (χ1n) is 7.07. The molecule has 0 spiro atoms. The Morgan fingerprint density at radius 1 is 1.10 bits per heavy atom. The summed E-state index contributed by atoms with van der Waals surface area (Å²) in [6.07, 6.45) is 2.30. The van der Waals surface area contributed by atoms with Crippen molar-refractivity contribution in [2.24, 2.45) is 0 Å². The largest absolute Gasteiger partial charge is 0.478 e. The second kappa shape index (κ2) is 6.43. The molecule has 1 aromatic carbocycles. The summed E-state index contributed by atoms with van der Waals surface area (Å²) in [6, 6.07) is 7.62. The fraction of sp³-hybridized carbons (Fsp3) is 0.375. The Labute approximate surface area is 124 Å². The summed E-state index contributed by atoms with van der Waals surface area (Å²) in [5, 5.41) is 11.8. The lowest BCUT2D eigenvalue weighted by molar-refractivity contribution is -0.133. The van der Waals surface area contributed by atoms with Gasteiger partial charge in [0.15, 0.2) is 0 Å². The second-order valence-corrected chi connectivity index (χ2v) is 5.22. The van der Waals surface area contributed by atoms with E-state index >= 15 is 0 Å². The highest BCUT2D eigenvalue weighted by atomic mass is 16.4. The Balaban J connectivity index is 2.22. The van der Waals surface area contributed by atoms with E-state index in [4.69, 9.17) is 5.11 Å². The normalized spacial score (nSPS) is 15.6. The number of nitrogens with one attached hydrogen (secondary N) is 1. The van der Waals surface area contributed by atoms with Crippen LogP contribution >= 0.6 is 0 Å². The number of rotatable bonds is 4. The molecule has 0 unspecified atom stereocenters. The van der Waals surface area contributed by atoms with Crippen molar-refractivity contribution < 1.29 is 14.7 Å². The van der Waals surface area contributed by atoms with Crippen LogP contribution in [0.3, 0.4) is 0 Å². The van der Waals surface area contributed by atoms with Gasteiger partial charge in [-0.05, 0) is 38.8 Å². The van der Waals surface area contributed by atoms with Crippen molar-refractivity contribution >= 4 is 23.3 Å². The third-order valence-electron chi connectivity index (χ3n) is 3.82. The molecule has 1 aliphatic heterocycles. The smallest absolute Gasteiger partial charge is 0.331 e. The average Bonchev–Trinajstić information content (AvgIpc) is 3.00. The number of aliphatic carboxylic acids is 1. The van der Waals surface area contributed by atoms with Crippen LogP contribution in [0.1, 0.15) is 26.7 Å². The number of para-hydroxylation sites is 2. The maximum absolute atomic E-state index is 12.2. The minimum absolute atomic E-state index is 0.0613. The molecule has 1 amide bonds. The Morgan fingerprint density at radius 2 is 1.71 bits per heavy atom. The molecule has 2 rings (SSSR count). The Morgan fingerprint density at radius 3 is 2.33 bits per heavy atom. The maximum atomic E-state index is 12.2. The highest BCUT2D eigenvalue weighted by Crippen LogP contribution is 2.29. The molecule has 5 nitrogen and oxygen atoms in total. The number of benzene rings is 1. The van der Waals surface area contributed by atoms with Gasteiger partial charge in [-0.15, -0.1) is 0 Å². The summed E-state index contributed by atoms with van der Waals surface area (Å²) in [7, 11) is 0. The summed E-state index contributed by atoms with van der Waals surface area (Å²) in [6.45, 7) is 4.92. The third-order valence-corrected chi connectivity index (χ3v) is 3.82. The molecule has 1 heterocycles. The number of amides is 1. The highest BCUT2D eigenvalue weighted by Gasteiger charge is 2.18. The molecule has 1 saturated heterocycles. The van der Waals surface area contributed by atoms with Crippen molar-refractivity contribution in [3.8, 4) is 0 Å². The van der Waals surface area contributed by atoms with Gasteiger partial charge in [0, 0.05) is 24.2 Å². The van der Waals surface area contributed by atoms with Crippen LogP contribution in [0.4, 0.5) is 11.4 Å². The molecule has 0 aromatic heterocycles. The fourth-order valence-corrected chi connectivity index (χ4v) is 2.36. The van der Waals surface area contributed by atoms with E-state index in [9.17, 15) is 9.59 Å². The minimum Gasteiger partial charge on any atom is -0.478 e. The topological polar surface area (TPSA) is 69.6 Å². The number of carbonyl (C=O) groups excluding carboxylic acids is 1. The van der Waals surface area contributed by atoms with Gasteiger partial charge in [-0.2, -0.15) is 0 Å². The summed E-state index contributed by atoms with van der Waals surface area (Å²) < 4.78 is 0. The lowest BCUT2D eigenvalue weighted by atomic mass is 10.1. The standard InChI is InChI=1S/C16H20N2O3/c1-11(12(2)16(20)21)15(19)17-13-7-3-4-8-14(13)18-9-5-6-10-18/h3-4,7-8H,5-6,9-10H2,1-2H3,(H,17,19)(H,20,21). The van der Waals surface area contributed by atoms with E-state index in [1.54, 1.807) is 0 Å². The van der Waals surface area contributed by atoms with Gasteiger partial charge >= 0.3 is 5.97 Å². The van der Waals surface area contributed by atoms with Crippen molar-refractivity contribution in [2.75, 3.05) is 23.3 Å². The first-order chi connectivity index (χ1) is 10.0. The molecule has 1 fully saturated rings. The van der Waals surface area contributed by atoms with E-state index in [0.29, 0.717) is 0 Å². The van der Waals surface area contributed by atoms with E-state index in [2.05, 4.69) is 10.2 Å². The van der Waals surface area contributed by atoms with E-state index in [0.717, 1.165) is 37.3 Å². The van der Waals surface area contributed by atoms with E-state index in [-0.39, 0.29) is 17.1 Å². The third kappa shape index (κ3) is 3.42. The summed E-state index contributed by atoms with van der Waals surface area (Å²) in [5.41, 5.74) is 2.00. The first kappa shape index (κ1) is 15.1. The number of nitrogens with zero attached hydrogens (tertiary/aromatic N) is 1. The van der Waals surface area contributed by atoms with Crippen LogP contribution in [-0.4, -0.2) is 30.1 Å². The first-order valence-corrected chi connectivity index (χ1v) is 7.07. The molecule has 1 aromatic rings.